The molecule has 0 bridgehead atoms. The predicted molar refractivity (Wildman–Crippen MR) is 81.8 cm³/mol. The molecule has 1 heterocycles. The third kappa shape index (κ3) is 2.89. The number of amides is 1. The molecule has 21 heavy (non-hydrogen) atoms. The lowest BCUT2D eigenvalue weighted by Crippen LogP contribution is -2.15. The fourth-order valence-corrected chi connectivity index (χ4v) is 2.27. The molecule has 0 unspecified atom stereocenters. The number of aromatic amines is 1. The Morgan fingerprint density at radius 1 is 1.38 bits per heavy atom. The summed E-state index contributed by atoms with van der Waals surface area (Å²) in [5.41, 5.74) is 2.97. The van der Waals surface area contributed by atoms with Crippen LogP contribution < -0.4 is 10.2 Å². The summed E-state index contributed by atoms with van der Waals surface area (Å²) in [6.07, 6.45) is 2.25. The number of benzene rings is 1. The summed E-state index contributed by atoms with van der Waals surface area (Å²) in [6.45, 7) is 2.04. The SMILES string of the molecule is Cc1ccc(NC(=O)c2n[nH]c(C3CC3)n2)cc1N(C)C. The summed E-state index contributed by atoms with van der Waals surface area (Å²) in [5.74, 6) is 1.19. The van der Waals surface area contributed by atoms with Gasteiger partial charge in [0.15, 0.2) is 0 Å². The van der Waals surface area contributed by atoms with Crippen LogP contribution in [0.3, 0.4) is 0 Å². The summed E-state index contributed by atoms with van der Waals surface area (Å²) < 4.78 is 0. The van der Waals surface area contributed by atoms with Crippen LogP contribution in [0, 0.1) is 6.92 Å². The number of carbonyl (C=O) groups excluding carboxylic acids is 1. The van der Waals surface area contributed by atoms with Crippen molar-refractivity contribution < 1.29 is 4.79 Å². The second-order valence-corrected chi connectivity index (χ2v) is 5.67. The van der Waals surface area contributed by atoms with Gasteiger partial charge in [-0.15, -0.1) is 5.10 Å². The van der Waals surface area contributed by atoms with Crippen molar-refractivity contribution in [1.82, 2.24) is 15.2 Å². The molecule has 1 aromatic carbocycles. The van der Waals surface area contributed by atoms with Crippen LogP contribution in [0.4, 0.5) is 11.4 Å². The van der Waals surface area contributed by atoms with Crippen molar-refractivity contribution in [3.63, 3.8) is 0 Å². The molecule has 1 amide bonds. The molecule has 3 rings (SSSR count). The van der Waals surface area contributed by atoms with Crippen LogP contribution in [0.1, 0.15) is 40.8 Å². The van der Waals surface area contributed by atoms with Gasteiger partial charge in [-0.05, 0) is 37.5 Å². The highest BCUT2D eigenvalue weighted by molar-refractivity contribution is 6.01. The van der Waals surface area contributed by atoms with Crippen molar-refractivity contribution in [3.8, 4) is 0 Å². The van der Waals surface area contributed by atoms with E-state index in [1.165, 1.54) is 0 Å². The first-order valence-electron chi connectivity index (χ1n) is 7.06. The highest BCUT2D eigenvalue weighted by atomic mass is 16.2. The third-order valence-corrected chi connectivity index (χ3v) is 3.62. The van der Waals surface area contributed by atoms with Gasteiger partial charge in [0.2, 0.25) is 5.82 Å². The highest BCUT2D eigenvalue weighted by Gasteiger charge is 2.28. The van der Waals surface area contributed by atoms with Crippen LogP contribution >= 0.6 is 0 Å². The minimum absolute atomic E-state index is 0.198. The van der Waals surface area contributed by atoms with Crippen LogP contribution in [-0.2, 0) is 0 Å². The average molecular weight is 285 g/mol. The number of aromatic nitrogens is 3. The molecular weight excluding hydrogens is 266 g/mol. The number of carbonyl (C=O) groups is 1. The van der Waals surface area contributed by atoms with E-state index in [4.69, 9.17) is 0 Å². The molecule has 1 aliphatic carbocycles. The van der Waals surface area contributed by atoms with Gasteiger partial charge in [0, 0.05) is 31.4 Å². The molecule has 1 saturated carbocycles. The van der Waals surface area contributed by atoms with Crippen LogP contribution in [0.5, 0.6) is 0 Å². The zero-order chi connectivity index (χ0) is 15.0. The van der Waals surface area contributed by atoms with Crippen LogP contribution in [0.15, 0.2) is 18.2 Å². The Morgan fingerprint density at radius 3 is 2.81 bits per heavy atom. The topological polar surface area (TPSA) is 73.9 Å². The van der Waals surface area contributed by atoms with Gasteiger partial charge in [0.05, 0.1) is 0 Å². The number of rotatable bonds is 4. The molecule has 6 heteroatoms. The van der Waals surface area contributed by atoms with E-state index in [-0.39, 0.29) is 11.7 Å². The summed E-state index contributed by atoms with van der Waals surface area (Å²) in [5, 5.41) is 9.68. The predicted octanol–water partition coefficient (Wildman–Crippen LogP) is 2.31. The molecular formula is C15H19N5O. The largest absolute Gasteiger partial charge is 0.377 e. The lowest BCUT2D eigenvalue weighted by molar-refractivity contribution is 0.101. The first-order chi connectivity index (χ1) is 10.0. The minimum atomic E-state index is -0.285. The van der Waals surface area contributed by atoms with Gasteiger partial charge in [-0.2, -0.15) is 0 Å². The third-order valence-electron chi connectivity index (χ3n) is 3.62. The quantitative estimate of drug-likeness (QED) is 0.904. The Balaban J connectivity index is 1.75. The van der Waals surface area contributed by atoms with Crippen molar-refractivity contribution in [2.45, 2.75) is 25.7 Å². The molecule has 1 aliphatic rings. The standard InChI is InChI=1S/C15H19N5O/c1-9-4-7-11(8-12(9)20(2)3)16-15(21)14-17-13(18-19-14)10-5-6-10/h4,7-8,10H,5-6H2,1-3H3,(H,16,21)(H,17,18,19). The normalized spacial score (nSPS) is 14.0. The fraction of sp³-hybridized carbons (Fsp3) is 0.400. The maximum Gasteiger partial charge on any atom is 0.295 e. The molecule has 1 aromatic heterocycles. The number of H-pyrrole nitrogens is 1. The molecule has 1 fully saturated rings. The van der Waals surface area contributed by atoms with Crippen LogP contribution in [0.2, 0.25) is 0 Å². The van der Waals surface area contributed by atoms with Crippen molar-refractivity contribution in [2.24, 2.45) is 0 Å². The van der Waals surface area contributed by atoms with Crippen LogP contribution in [0.25, 0.3) is 0 Å². The number of anilines is 2. The molecule has 2 N–H and O–H groups in total. The van der Waals surface area contributed by atoms with Gasteiger partial charge in [-0.25, -0.2) is 4.98 Å². The minimum Gasteiger partial charge on any atom is -0.377 e. The second kappa shape index (κ2) is 5.20. The van der Waals surface area contributed by atoms with Crippen molar-refractivity contribution >= 4 is 17.3 Å². The smallest absolute Gasteiger partial charge is 0.295 e. The molecule has 0 radical (unpaired) electrons. The maximum atomic E-state index is 12.2. The number of nitrogens with one attached hydrogen (secondary N) is 2. The van der Waals surface area contributed by atoms with E-state index in [0.717, 1.165) is 35.6 Å². The van der Waals surface area contributed by atoms with E-state index in [1.54, 1.807) is 0 Å². The summed E-state index contributed by atoms with van der Waals surface area (Å²) in [6, 6.07) is 5.81. The van der Waals surface area contributed by atoms with Gasteiger partial charge >= 0.3 is 0 Å². The van der Waals surface area contributed by atoms with E-state index >= 15 is 0 Å². The van der Waals surface area contributed by atoms with Gasteiger partial charge in [0.1, 0.15) is 5.82 Å². The Labute approximate surface area is 123 Å². The van der Waals surface area contributed by atoms with Crippen molar-refractivity contribution in [3.05, 3.63) is 35.4 Å². The van der Waals surface area contributed by atoms with E-state index in [9.17, 15) is 4.79 Å². The number of hydrogen-bond acceptors (Lipinski definition) is 4. The van der Waals surface area contributed by atoms with Crippen LogP contribution in [-0.4, -0.2) is 35.2 Å². The zero-order valence-corrected chi connectivity index (χ0v) is 12.5. The van der Waals surface area contributed by atoms with E-state index in [2.05, 4.69) is 20.5 Å². The highest BCUT2D eigenvalue weighted by Crippen LogP contribution is 2.37. The van der Waals surface area contributed by atoms with Gasteiger partial charge in [-0.1, -0.05) is 6.07 Å². The zero-order valence-electron chi connectivity index (χ0n) is 12.5. The van der Waals surface area contributed by atoms with E-state index in [0.29, 0.717) is 5.92 Å². The molecule has 0 aliphatic heterocycles. The summed E-state index contributed by atoms with van der Waals surface area (Å²) >= 11 is 0. The molecule has 2 aromatic rings. The Kier molecular flexibility index (Phi) is 3.37. The van der Waals surface area contributed by atoms with Gasteiger partial charge in [0.25, 0.3) is 5.91 Å². The lowest BCUT2D eigenvalue weighted by Gasteiger charge is -2.16. The Bertz CT molecular complexity index is 672. The maximum absolute atomic E-state index is 12.2. The fourth-order valence-electron chi connectivity index (χ4n) is 2.27. The number of aryl methyl sites for hydroxylation is 1. The summed E-state index contributed by atoms with van der Waals surface area (Å²) in [4.78, 5) is 18.4. The molecule has 0 saturated heterocycles. The Hall–Kier alpha value is -2.37. The van der Waals surface area contributed by atoms with Crippen molar-refractivity contribution in [1.29, 1.82) is 0 Å². The summed E-state index contributed by atoms with van der Waals surface area (Å²) in [7, 11) is 3.95. The molecule has 110 valence electrons. The first-order valence-corrected chi connectivity index (χ1v) is 7.06. The first kappa shape index (κ1) is 13.6. The van der Waals surface area contributed by atoms with E-state index < -0.39 is 0 Å². The molecule has 6 nitrogen and oxygen atoms in total. The van der Waals surface area contributed by atoms with Crippen molar-refractivity contribution in [2.75, 3.05) is 24.3 Å². The van der Waals surface area contributed by atoms with E-state index in [1.807, 2.05) is 44.1 Å². The molecule has 0 spiro atoms. The monoisotopic (exact) mass is 285 g/mol. The Morgan fingerprint density at radius 2 is 2.14 bits per heavy atom. The van der Waals surface area contributed by atoms with Gasteiger partial charge in [-0.3, -0.25) is 9.89 Å². The number of hydrogen-bond donors (Lipinski definition) is 2. The average Bonchev–Trinajstić information content (AvgIpc) is 3.18. The van der Waals surface area contributed by atoms with Gasteiger partial charge < -0.3 is 10.2 Å². The second-order valence-electron chi connectivity index (χ2n) is 5.67. The number of nitrogens with zero attached hydrogens (tertiary/aromatic N) is 3. The molecule has 0 atom stereocenters. The lowest BCUT2D eigenvalue weighted by atomic mass is 10.1.